The molecule has 0 aromatic heterocycles. The molecule has 146 valence electrons. The van der Waals surface area contributed by atoms with Crippen molar-refractivity contribution in [2.45, 2.75) is 13.3 Å². The van der Waals surface area contributed by atoms with Gasteiger partial charge >= 0.3 is 5.97 Å². The highest BCUT2D eigenvalue weighted by Gasteiger charge is 2.32. The van der Waals surface area contributed by atoms with E-state index in [1.54, 1.807) is 32.1 Å². The zero-order valence-electron chi connectivity index (χ0n) is 16.2. The van der Waals surface area contributed by atoms with Gasteiger partial charge in [0.05, 0.1) is 26.5 Å². The van der Waals surface area contributed by atoms with Gasteiger partial charge in [0.1, 0.15) is 0 Å². The third kappa shape index (κ3) is 3.86. The molecule has 0 fully saturated rings. The summed E-state index contributed by atoms with van der Waals surface area (Å²) in [6.07, 6.45) is 1.99. The van der Waals surface area contributed by atoms with Crippen LogP contribution in [0.2, 0.25) is 0 Å². The van der Waals surface area contributed by atoms with Crippen molar-refractivity contribution in [2.75, 3.05) is 27.4 Å². The number of amides is 1. The Morgan fingerprint density at radius 1 is 1.04 bits per heavy atom. The highest BCUT2D eigenvalue weighted by atomic mass is 16.5. The summed E-state index contributed by atoms with van der Waals surface area (Å²) in [4.78, 5) is 26.5. The van der Waals surface area contributed by atoms with Gasteiger partial charge in [-0.15, -0.1) is 0 Å². The summed E-state index contributed by atoms with van der Waals surface area (Å²) in [5.41, 5.74) is 2.90. The summed E-state index contributed by atoms with van der Waals surface area (Å²) in [6.45, 7) is 2.46. The average Bonchev–Trinajstić information content (AvgIpc) is 2.98. The number of ether oxygens (including phenoxy) is 3. The smallest absolute Gasteiger partial charge is 0.332 e. The molecule has 1 aliphatic rings. The van der Waals surface area contributed by atoms with E-state index in [-0.39, 0.29) is 12.5 Å². The van der Waals surface area contributed by atoms with Gasteiger partial charge in [0.2, 0.25) is 0 Å². The molecule has 1 amide bonds. The molecule has 2 aromatic carbocycles. The number of hydrogen-bond acceptors (Lipinski definition) is 5. The molecule has 3 rings (SSSR count). The normalized spacial score (nSPS) is 14.2. The molecule has 28 heavy (non-hydrogen) atoms. The Bertz CT molecular complexity index is 919. The van der Waals surface area contributed by atoms with Gasteiger partial charge in [0.25, 0.3) is 5.91 Å². The van der Waals surface area contributed by atoms with Gasteiger partial charge < -0.3 is 19.1 Å². The largest absolute Gasteiger partial charge is 0.493 e. The summed E-state index contributed by atoms with van der Waals surface area (Å²) in [5.74, 6) is 0.710. The zero-order valence-corrected chi connectivity index (χ0v) is 16.2. The highest BCUT2D eigenvalue weighted by Crippen LogP contribution is 2.33. The summed E-state index contributed by atoms with van der Waals surface area (Å²) in [6, 6.07) is 12.9. The second-order valence-corrected chi connectivity index (χ2v) is 6.22. The Balaban J connectivity index is 1.85. The fourth-order valence-electron chi connectivity index (χ4n) is 3.24. The van der Waals surface area contributed by atoms with E-state index in [2.05, 4.69) is 0 Å². The Morgan fingerprint density at radius 3 is 2.43 bits per heavy atom. The first-order chi connectivity index (χ1) is 13.6. The quantitative estimate of drug-likeness (QED) is 0.544. The minimum absolute atomic E-state index is 0.119. The van der Waals surface area contributed by atoms with Crippen molar-refractivity contribution < 1.29 is 23.8 Å². The molecule has 0 bridgehead atoms. The third-order valence-electron chi connectivity index (χ3n) is 4.58. The first-order valence-corrected chi connectivity index (χ1v) is 9.09. The maximum absolute atomic E-state index is 12.9. The lowest BCUT2D eigenvalue weighted by Crippen LogP contribution is -2.26. The third-order valence-corrected chi connectivity index (χ3v) is 4.58. The molecule has 0 spiro atoms. The van der Waals surface area contributed by atoms with Crippen LogP contribution >= 0.6 is 0 Å². The molecule has 2 aromatic rings. The lowest BCUT2D eigenvalue weighted by atomic mass is 10.1. The number of fused-ring (bicyclic) bond motifs is 1. The fourth-order valence-corrected chi connectivity index (χ4v) is 3.24. The molecular formula is C22H23NO5. The van der Waals surface area contributed by atoms with Crippen LogP contribution in [0.3, 0.4) is 0 Å². The minimum atomic E-state index is -0.460. The lowest BCUT2D eigenvalue weighted by molar-refractivity contribution is -0.137. The van der Waals surface area contributed by atoms with Crippen molar-refractivity contribution in [3.8, 4) is 11.5 Å². The van der Waals surface area contributed by atoms with Gasteiger partial charge in [-0.05, 0) is 37.1 Å². The number of carbonyl (C=O) groups is 2. The summed E-state index contributed by atoms with van der Waals surface area (Å²) in [5, 5.41) is 0. The van der Waals surface area contributed by atoms with Gasteiger partial charge in [0, 0.05) is 23.7 Å². The number of methoxy groups -OCH3 is 2. The van der Waals surface area contributed by atoms with Crippen molar-refractivity contribution in [1.82, 2.24) is 4.90 Å². The number of esters is 1. The Labute approximate surface area is 164 Å². The molecule has 1 heterocycles. The van der Waals surface area contributed by atoms with Crippen LogP contribution < -0.4 is 9.47 Å². The number of nitrogens with zero attached hydrogens (tertiary/aromatic N) is 1. The molecule has 1 aliphatic heterocycles. The number of rotatable bonds is 7. The van der Waals surface area contributed by atoms with E-state index in [4.69, 9.17) is 14.2 Å². The van der Waals surface area contributed by atoms with E-state index in [9.17, 15) is 9.59 Å². The molecule has 6 heteroatoms. The average molecular weight is 381 g/mol. The van der Waals surface area contributed by atoms with Crippen LogP contribution in [0.25, 0.3) is 5.70 Å². The van der Waals surface area contributed by atoms with Gasteiger partial charge in [-0.25, -0.2) is 4.79 Å². The monoisotopic (exact) mass is 381 g/mol. The number of hydrogen-bond donors (Lipinski definition) is 0. The Hall–Kier alpha value is -3.28. The predicted octanol–water partition coefficient (Wildman–Crippen LogP) is 3.31. The summed E-state index contributed by atoms with van der Waals surface area (Å²) >= 11 is 0. The minimum Gasteiger partial charge on any atom is -0.493 e. The molecule has 0 radical (unpaired) electrons. The topological polar surface area (TPSA) is 65.1 Å². The summed E-state index contributed by atoms with van der Waals surface area (Å²) < 4.78 is 15.6. The van der Waals surface area contributed by atoms with Crippen LogP contribution in [-0.4, -0.2) is 44.1 Å². The van der Waals surface area contributed by atoms with Crippen LogP contribution in [0.1, 0.15) is 28.4 Å². The second-order valence-electron chi connectivity index (χ2n) is 6.22. The van der Waals surface area contributed by atoms with Crippen LogP contribution in [0.5, 0.6) is 11.5 Å². The standard InChI is InChI=1S/C22H23NO5/c1-4-28-21(24)14-18-16-7-5-6-8-17(16)22(25)23(18)12-11-15-9-10-19(26-2)20(13-15)27-3/h5-10,13-14H,4,11-12H2,1-3H3/b18-14+. The van der Waals surface area contributed by atoms with Crippen molar-refractivity contribution in [2.24, 2.45) is 0 Å². The Morgan fingerprint density at radius 2 is 1.75 bits per heavy atom. The SMILES string of the molecule is CCOC(=O)/C=C1\c2ccccc2C(=O)N1CCc1ccc(OC)c(OC)c1. The van der Waals surface area contributed by atoms with Crippen LogP contribution in [0, 0.1) is 0 Å². The van der Waals surface area contributed by atoms with E-state index in [0.717, 1.165) is 11.1 Å². The second kappa shape index (κ2) is 8.61. The highest BCUT2D eigenvalue weighted by molar-refractivity contribution is 6.11. The zero-order chi connectivity index (χ0) is 20.1. The predicted molar refractivity (Wildman–Crippen MR) is 105 cm³/mol. The fraction of sp³-hybridized carbons (Fsp3) is 0.273. The maximum atomic E-state index is 12.9. The van der Waals surface area contributed by atoms with Crippen LogP contribution in [-0.2, 0) is 16.0 Å². The van der Waals surface area contributed by atoms with Crippen molar-refractivity contribution in [3.63, 3.8) is 0 Å². The van der Waals surface area contributed by atoms with Gasteiger partial charge in [-0.2, -0.15) is 0 Å². The van der Waals surface area contributed by atoms with Crippen molar-refractivity contribution >= 4 is 17.6 Å². The molecule has 0 aliphatic carbocycles. The van der Waals surface area contributed by atoms with Gasteiger partial charge in [-0.3, -0.25) is 4.79 Å². The van der Waals surface area contributed by atoms with E-state index in [0.29, 0.717) is 35.7 Å². The number of carbonyl (C=O) groups excluding carboxylic acids is 2. The van der Waals surface area contributed by atoms with E-state index in [1.807, 2.05) is 36.4 Å². The van der Waals surface area contributed by atoms with Crippen LogP contribution in [0.4, 0.5) is 0 Å². The summed E-state index contributed by atoms with van der Waals surface area (Å²) in [7, 11) is 3.17. The first-order valence-electron chi connectivity index (χ1n) is 9.09. The van der Waals surface area contributed by atoms with E-state index < -0.39 is 5.97 Å². The molecule has 0 saturated carbocycles. The molecule has 0 N–H and O–H groups in total. The molecular weight excluding hydrogens is 358 g/mol. The van der Waals surface area contributed by atoms with Gasteiger partial charge in [-0.1, -0.05) is 24.3 Å². The number of benzene rings is 2. The van der Waals surface area contributed by atoms with E-state index in [1.165, 1.54) is 6.08 Å². The van der Waals surface area contributed by atoms with E-state index >= 15 is 0 Å². The van der Waals surface area contributed by atoms with Crippen LogP contribution in [0.15, 0.2) is 48.5 Å². The molecule has 0 saturated heterocycles. The van der Waals surface area contributed by atoms with Gasteiger partial charge in [0.15, 0.2) is 11.5 Å². The molecule has 0 atom stereocenters. The maximum Gasteiger partial charge on any atom is 0.332 e. The van der Waals surface area contributed by atoms with Crippen molar-refractivity contribution in [3.05, 3.63) is 65.2 Å². The molecule has 6 nitrogen and oxygen atoms in total. The lowest BCUT2D eigenvalue weighted by Gasteiger charge is -2.19. The van der Waals surface area contributed by atoms with Crippen molar-refractivity contribution in [1.29, 1.82) is 0 Å². The Kier molecular flexibility index (Phi) is 5.99. The molecule has 0 unspecified atom stereocenters. The first kappa shape index (κ1) is 19.5.